The van der Waals surface area contributed by atoms with Crippen molar-refractivity contribution in [1.29, 1.82) is 0 Å². The molecule has 0 amide bonds. The van der Waals surface area contributed by atoms with E-state index in [1.165, 1.54) is 0 Å². The average molecular weight is 356 g/mol. The van der Waals surface area contributed by atoms with Gasteiger partial charge >= 0.3 is 0 Å². The van der Waals surface area contributed by atoms with Gasteiger partial charge in [-0.25, -0.2) is 13.1 Å². The SMILES string of the molecule is CCC(C)[C@H](NS(=O)(=O)c1ccc(Br)s1)[C@H](C)O. The number of rotatable bonds is 6. The number of nitrogens with one attached hydrogen (secondary N) is 1. The highest BCUT2D eigenvalue weighted by atomic mass is 79.9. The van der Waals surface area contributed by atoms with Crippen LogP contribution in [0, 0.1) is 5.92 Å². The van der Waals surface area contributed by atoms with Crippen molar-refractivity contribution in [2.75, 3.05) is 0 Å². The van der Waals surface area contributed by atoms with Crippen LogP contribution in [0.3, 0.4) is 0 Å². The molecule has 7 heteroatoms. The molecule has 0 radical (unpaired) electrons. The number of aliphatic hydroxyl groups is 1. The third-order valence-electron chi connectivity index (χ3n) is 2.88. The van der Waals surface area contributed by atoms with E-state index in [2.05, 4.69) is 20.7 Å². The Bertz CT molecular complexity index is 484. The minimum absolute atomic E-state index is 0.0724. The van der Waals surface area contributed by atoms with Gasteiger partial charge in [0.1, 0.15) is 4.21 Å². The third kappa shape index (κ3) is 4.03. The molecule has 0 aliphatic heterocycles. The predicted molar refractivity (Wildman–Crippen MR) is 77.3 cm³/mol. The lowest BCUT2D eigenvalue weighted by atomic mass is 9.96. The van der Waals surface area contributed by atoms with Gasteiger partial charge in [0.2, 0.25) is 10.0 Å². The monoisotopic (exact) mass is 355 g/mol. The van der Waals surface area contributed by atoms with Gasteiger partial charge in [0.25, 0.3) is 0 Å². The van der Waals surface area contributed by atoms with Crippen LogP contribution in [0.5, 0.6) is 0 Å². The van der Waals surface area contributed by atoms with Gasteiger partial charge in [-0.2, -0.15) is 0 Å². The Morgan fingerprint density at radius 3 is 2.44 bits per heavy atom. The second kappa shape index (κ2) is 6.47. The number of hydrogen-bond donors (Lipinski definition) is 2. The summed E-state index contributed by atoms with van der Waals surface area (Å²) in [7, 11) is -3.56. The molecule has 4 nitrogen and oxygen atoms in total. The molecule has 0 aliphatic carbocycles. The van der Waals surface area contributed by atoms with Crippen LogP contribution < -0.4 is 4.72 Å². The van der Waals surface area contributed by atoms with Crippen LogP contribution in [0.15, 0.2) is 20.1 Å². The molecule has 0 saturated carbocycles. The predicted octanol–water partition coefficient (Wildman–Crippen LogP) is 2.58. The molecule has 1 unspecified atom stereocenters. The maximum absolute atomic E-state index is 12.1. The van der Waals surface area contributed by atoms with Crippen molar-refractivity contribution in [3.8, 4) is 0 Å². The fourth-order valence-corrected chi connectivity index (χ4v) is 5.07. The van der Waals surface area contributed by atoms with Crippen molar-refractivity contribution < 1.29 is 13.5 Å². The Balaban J connectivity index is 2.93. The summed E-state index contributed by atoms with van der Waals surface area (Å²) in [4.78, 5) is 0. The first kappa shape index (κ1) is 16.1. The minimum Gasteiger partial charge on any atom is -0.392 e. The first-order valence-corrected chi connectivity index (χ1v) is 8.83. The highest BCUT2D eigenvalue weighted by Crippen LogP contribution is 2.26. The van der Waals surface area contributed by atoms with Crippen molar-refractivity contribution >= 4 is 37.3 Å². The molecule has 0 bridgehead atoms. The number of hydrogen-bond acceptors (Lipinski definition) is 4. The van der Waals surface area contributed by atoms with Crippen molar-refractivity contribution in [2.24, 2.45) is 5.92 Å². The lowest BCUT2D eigenvalue weighted by Crippen LogP contribution is -2.45. The normalized spacial score (nSPS) is 17.4. The standard InChI is InChI=1S/C11H18BrNO3S2/c1-4-7(2)11(8(3)14)13-18(15,16)10-6-5-9(12)17-10/h5-8,11,13-14H,4H2,1-3H3/t7?,8-,11-/m0/s1. The summed E-state index contributed by atoms with van der Waals surface area (Å²) in [6, 6.07) is 2.77. The summed E-state index contributed by atoms with van der Waals surface area (Å²) in [5.74, 6) is 0.0724. The maximum Gasteiger partial charge on any atom is 0.250 e. The van der Waals surface area contributed by atoms with Crippen LogP contribution >= 0.6 is 27.3 Å². The molecule has 0 aliphatic rings. The zero-order valence-electron chi connectivity index (χ0n) is 10.6. The fraction of sp³-hybridized carbons (Fsp3) is 0.636. The highest BCUT2D eigenvalue weighted by molar-refractivity contribution is 9.11. The lowest BCUT2D eigenvalue weighted by molar-refractivity contribution is 0.128. The van der Waals surface area contributed by atoms with E-state index in [9.17, 15) is 13.5 Å². The van der Waals surface area contributed by atoms with E-state index in [1.807, 2.05) is 13.8 Å². The zero-order valence-corrected chi connectivity index (χ0v) is 13.8. The van der Waals surface area contributed by atoms with E-state index in [0.717, 1.165) is 21.5 Å². The molecule has 104 valence electrons. The van der Waals surface area contributed by atoms with Crippen molar-refractivity contribution in [1.82, 2.24) is 4.72 Å². The van der Waals surface area contributed by atoms with Gasteiger partial charge in [-0.15, -0.1) is 11.3 Å². The number of aliphatic hydroxyl groups excluding tert-OH is 1. The topological polar surface area (TPSA) is 66.4 Å². The van der Waals surface area contributed by atoms with Gasteiger partial charge in [-0.05, 0) is 40.9 Å². The molecule has 0 aromatic carbocycles. The summed E-state index contributed by atoms with van der Waals surface area (Å²) in [6.45, 7) is 5.49. The van der Waals surface area contributed by atoms with E-state index < -0.39 is 22.2 Å². The van der Waals surface area contributed by atoms with E-state index in [4.69, 9.17) is 0 Å². The Labute approximate surface area is 121 Å². The summed E-state index contributed by atoms with van der Waals surface area (Å²) in [5.41, 5.74) is 0. The smallest absolute Gasteiger partial charge is 0.250 e. The van der Waals surface area contributed by atoms with E-state index in [1.54, 1.807) is 19.1 Å². The molecule has 1 aromatic heterocycles. The molecular formula is C11H18BrNO3S2. The number of halogens is 1. The fourth-order valence-electron chi connectivity index (χ4n) is 1.62. The Kier molecular flexibility index (Phi) is 5.79. The van der Waals surface area contributed by atoms with Crippen molar-refractivity contribution in [3.63, 3.8) is 0 Å². The van der Waals surface area contributed by atoms with Gasteiger partial charge < -0.3 is 5.11 Å². The molecular weight excluding hydrogens is 338 g/mol. The molecule has 3 atom stereocenters. The van der Waals surface area contributed by atoms with Gasteiger partial charge in [0, 0.05) is 0 Å². The van der Waals surface area contributed by atoms with Crippen LogP contribution in [0.1, 0.15) is 27.2 Å². The van der Waals surface area contributed by atoms with Crippen LogP contribution in [0.2, 0.25) is 0 Å². The molecule has 2 N–H and O–H groups in total. The third-order valence-corrected chi connectivity index (χ3v) is 6.46. The molecule has 0 saturated heterocycles. The van der Waals surface area contributed by atoms with Crippen LogP contribution in [-0.2, 0) is 10.0 Å². The van der Waals surface area contributed by atoms with Crippen molar-refractivity contribution in [2.45, 2.75) is 43.5 Å². The summed E-state index contributed by atoms with van der Waals surface area (Å²) < 4.78 is 27.9. The maximum atomic E-state index is 12.1. The van der Waals surface area contributed by atoms with E-state index in [-0.39, 0.29) is 10.1 Å². The van der Waals surface area contributed by atoms with Gasteiger partial charge in [-0.3, -0.25) is 0 Å². The summed E-state index contributed by atoms with van der Waals surface area (Å²) >= 11 is 4.39. The van der Waals surface area contributed by atoms with Gasteiger partial charge in [0.15, 0.2) is 0 Å². The first-order valence-electron chi connectivity index (χ1n) is 5.73. The average Bonchev–Trinajstić information content (AvgIpc) is 2.72. The molecule has 1 aromatic rings. The summed E-state index contributed by atoms with van der Waals surface area (Å²) in [5, 5.41) is 9.70. The quantitative estimate of drug-likeness (QED) is 0.823. The second-order valence-corrected chi connectivity index (χ2v) is 8.74. The zero-order chi connectivity index (χ0) is 13.9. The van der Waals surface area contributed by atoms with Gasteiger partial charge in [0.05, 0.1) is 15.9 Å². The van der Waals surface area contributed by atoms with Crippen LogP contribution in [0.4, 0.5) is 0 Å². The second-order valence-electron chi connectivity index (χ2n) is 4.33. The Hall–Kier alpha value is 0.0500. The van der Waals surface area contributed by atoms with Crippen LogP contribution in [-0.4, -0.2) is 25.7 Å². The Morgan fingerprint density at radius 2 is 2.06 bits per heavy atom. The Morgan fingerprint density at radius 1 is 1.44 bits per heavy atom. The largest absolute Gasteiger partial charge is 0.392 e. The van der Waals surface area contributed by atoms with Crippen LogP contribution in [0.25, 0.3) is 0 Å². The van der Waals surface area contributed by atoms with Crippen molar-refractivity contribution in [3.05, 3.63) is 15.9 Å². The molecule has 1 heterocycles. The summed E-state index contributed by atoms with van der Waals surface area (Å²) in [6.07, 6.45) is 0.0739. The molecule has 0 spiro atoms. The van der Waals surface area contributed by atoms with E-state index >= 15 is 0 Å². The lowest BCUT2D eigenvalue weighted by Gasteiger charge is -2.26. The first-order chi connectivity index (χ1) is 8.27. The van der Waals surface area contributed by atoms with E-state index in [0.29, 0.717) is 0 Å². The molecule has 0 fully saturated rings. The number of thiophene rings is 1. The van der Waals surface area contributed by atoms with Gasteiger partial charge in [-0.1, -0.05) is 20.3 Å². The molecule has 1 rings (SSSR count). The minimum atomic E-state index is -3.56. The highest BCUT2D eigenvalue weighted by Gasteiger charge is 2.28. The molecule has 18 heavy (non-hydrogen) atoms. The number of sulfonamides is 1.